The van der Waals surface area contributed by atoms with Crippen molar-refractivity contribution in [2.24, 2.45) is 0 Å². The number of carbonyl (C=O) groups is 1. The van der Waals surface area contributed by atoms with Crippen LogP contribution in [0.2, 0.25) is 0 Å². The monoisotopic (exact) mass is 331 g/mol. The van der Waals surface area contributed by atoms with Crippen molar-refractivity contribution < 1.29 is 4.79 Å². The first-order valence-corrected chi connectivity index (χ1v) is 8.29. The molecular weight excluding hydrogens is 310 g/mol. The van der Waals surface area contributed by atoms with Crippen LogP contribution in [0.1, 0.15) is 34.6 Å². The lowest BCUT2D eigenvalue weighted by Crippen LogP contribution is -2.28. The van der Waals surface area contributed by atoms with Gasteiger partial charge in [0.1, 0.15) is 11.5 Å². The molecule has 126 valence electrons. The average molecular weight is 331 g/mol. The highest BCUT2D eigenvalue weighted by molar-refractivity contribution is 5.94. The van der Waals surface area contributed by atoms with Gasteiger partial charge in [0.15, 0.2) is 0 Å². The highest BCUT2D eigenvalue weighted by Crippen LogP contribution is 2.18. The lowest BCUT2D eigenvalue weighted by atomic mass is 10.1. The molecule has 0 saturated heterocycles. The zero-order valence-electron chi connectivity index (χ0n) is 14.4. The van der Waals surface area contributed by atoms with E-state index >= 15 is 0 Å². The molecule has 0 aliphatic rings. The normalized spacial score (nSPS) is 11.6. The second-order valence-electron chi connectivity index (χ2n) is 5.96. The molecule has 3 rings (SSSR count). The topological polar surface area (TPSA) is 54.0 Å². The van der Waals surface area contributed by atoms with Crippen LogP contribution in [-0.4, -0.2) is 10.9 Å². The summed E-state index contributed by atoms with van der Waals surface area (Å²) in [6, 6.07) is 23.4. The quantitative estimate of drug-likeness (QED) is 0.717. The molecule has 0 saturated carbocycles. The van der Waals surface area contributed by atoms with E-state index in [9.17, 15) is 4.79 Å². The lowest BCUT2D eigenvalue weighted by molar-refractivity contribution is 0.0934. The molecule has 4 nitrogen and oxygen atoms in total. The van der Waals surface area contributed by atoms with Crippen LogP contribution in [-0.2, 0) is 0 Å². The molecule has 0 aliphatic carbocycles. The van der Waals surface area contributed by atoms with Gasteiger partial charge in [0.05, 0.1) is 6.04 Å². The van der Waals surface area contributed by atoms with Crippen molar-refractivity contribution in [2.75, 3.05) is 5.32 Å². The maximum Gasteiger partial charge on any atom is 0.270 e. The number of aromatic nitrogens is 1. The molecule has 0 spiro atoms. The minimum absolute atomic E-state index is 0.0827. The zero-order chi connectivity index (χ0) is 17.6. The summed E-state index contributed by atoms with van der Waals surface area (Å²) in [6.07, 6.45) is 0. The highest BCUT2D eigenvalue weighted by Gasteiger charge is 2.15. The number of anilines is 2. The van der Waals surface area contributed by atoms with Crippen LogP contribution in [0, 0.1) is 6.92 Å². The summed E-state index contributed by atoms with van der Waals surface area (Å²) in [4.78, 5) is 17.1. The van der Waals surface area contributed by atoms with Gasteiger partial charge in [-0.2, -0.15) is 0 Å². The molecule has 4 heteroatoms. The first-order valence-electron chi connectivity index (χ1n) is 8.29. The van der Waals surface area contributed by atoms with Crippen LogP contribution in [0.4, 0.5) is 11.5 Å². The van der Waals surface area contributed by atoms with E-state index in [1.165, 1.54) is 0 Å². The van der Waals surface area contributed by atoms with Crippen LogP contribution >= 0.6 is 0 Å². The molecule has 2 N–H and O–H groups in total. The first-order chi connectivity index (χ1) is 12.1. The Hall–Kier alpha value is -3.14. The van der Waals surface area contributed by atoms with Crippen molar-refractivity contribution in [1.82, 2.24) is 10.3 Å². The molecule has 0 bridgehead atoms. The number of hydrogen-bond acceptors (Lipinski definition) is 3. The summed E-state index contributed by atoms with van der Waals surface area (Å²) >= 11 is 0. The number of benzene rings is 2. The Bertz CT molecular complexity index is 848. The highest BCUT2D eigenvalue weighted by atomic mass is 16.1. The van der Waals surface area contributed by atoms with E-state index in [-0.39, 0.29) is 11.9 Å². The van der Waals surface area contributed by atoms with Crippen LogP contribution in [0.25, 0.3) is 0 Å². The standard InChI is InChI=1S/C21H21N3O/c1-15-13-14-19(23-18-11-7-4-8-12-18)24-20(15)21(25)22-16(2)17-9-5-3-6-10-17/h3-14,16H,1-2H3,(H,22,25)(H,23,24). The first kappa shape index (κ1) is 16.7. The molecule has 1 heterocycles. The van der Waals surface area contributed by atoms with E-state index in [2.05, 4.69) is 15.6 Å². The third-order valence-corrected chi connectivity index (χ3v) is 4.01. The Kier molecular flexibility index (Phi) is 5.09. The summed E-state index contributed by atoms with van der Waals surface area (Å²) in [5.74, 6) is 0.472. The molecule has 0 fully saturated rings. The fourth-order valence-corrected chi connectivity index (χ4v) is 2.59. The van der Waals surface area contributed by atoms with Crippen molar-refractivity contribution in [3.63, 3.8) is 0 Å². The fourth-order valence-electron chi connectivity index (χ4n) is 2.59. The molecule has 0 aliphatic heterocycles. The Morgan fingerprint density at radius 2 is 1.56 bits per heavy atom. The van der Waals surface area contributed by atoms with Crippen molar-refractivity contribution in [3.8, 4) is 0 Å². The average Bonchev–Trinajstić information content (AvgIpc) is 2.65. The number of nitrogens with zero attached hydrogens (tertiary/aromatic N) is 1. The van der Waals surface area contributed by atoms with E-state index in [0.29, 0.717) is 11.5 Å². The van der Waals surface area contributed by atoms with E-state index < -0.39 is 0 Å². The van der Waals surface area contributed by atoms with Gasteiger partial charge in [0.25, 0.3) is 5.91 Å². The number of amides is 1. The van der Waals surface area contributed by atoms with E-state index in [0.717, 1.165) is 16.8 Å². The van der Waals surface area contributed by atoms with Crippen molar-refractivity contribution in [2.45, 2.75) is 19.9 Å². The van der Waals surface area contributed by atoms with Gasteiger partial charge >= 0.3 is 0 Å². The number of carbonyl (C=O) groups excluding carboxylic acids is 1. The molecule has 2 aromatic carbocycles. The number of nitrogens with one attached hydrogen (secondary N) is 2. The summed E-state index contributed by atoms with van der Waals surface area (Å²) in [5, 5.41) is 6.24. The van der Waals surface area contributed by atoms with Crippen LogP contribution in [0.5, 0.6) is 0 Å². The SMILES string of the molecule is Cc1ccc(Nc2ccccc2)nc1C(=O)NC(C)c1ccccc1. The number of hydrogen-bond donors (Lipinski definition) is 2. The molecule has 1 aromatic heterocycles. The molecule has 1 unspecified atom stereocenters. The predicted octanol–water partition coefficient (Wildman–Crippen LogP) is 4.62. The molecule has 1 amide bonds. The zero-order valence-corrected chi connectivity index (χ0v) is 14.4. The van der Waals surface area contributed by atoms with Gasteiger partial charge in [-0.15, -0.1) is 0 Å². The summed E-state index contributed by atoms with van der Waals surface area (Å²) < 4.78 is 0. The van der Waals surface area contributed by atoms with E-state index in [1.807, 2.05) is 86.6 Å². The van der Waals surface area contributed by atoms with Gasteiger partial charge in [-0.05, 0) is 43.2 Å². The molecule has 0 radical (unpaired) electrons. The molecular formula is C21H21N3O. The smallest absolute Gasteiger partial charge is 0.270 e. The van der Waals surface area contributed by atoms with E-state index in [4.69, 9.17) is 0 Å². The Balaban J connectivity index is 1.76. The van der Waals surface area contributed by atoms with Crippen molar-refractivity contribution in [3.05, 3.63) is 89.6 Å². The fraction of sp³-hybridized carbons (Fsp3) is 0.143. The second kappa shape index (κ2) is 7.62. The van der Waals surface area contributed by atoms with Gasteiger partial charge in [-0.25, -0.2) is 4.98 Å². The van der Waals surface area contributed by atoms with Crippen LogP contribution in [0.3, 0.4) is 0 Å². The minimum Gasteiger partial charge on any atom is -0.344 e. The number of rotatable bonds is 5. The maximum atomic E-state index is 12.7. The van der Waals surface area contributed by atoms with Crippen LogP contribution in [0.15, 0.2) is 72.8 Å². The second-order valence-corrected chi connectivity index (χ2v) is 5.96. The minimum atomic E-state index is -0.175. The van der Waals surface area contributed by atoms with Crippen molar-refractivity contribution in [1.29, 1.82) is 0 Å². The van der Waals surface area contributed by atoms with Crippen LogP contribution < -0.4 is 10.6 Å². The Morgan fingerprint density at radius 1 is 0.920 bits per heavy atom. The summed E-state index contributed by atoms with van der Waals surface area (Å²) in [5.41, 5.74) is 3.27. The maximum absolute atomic E-state index is 12.7. The van der Waals surface area contributed by atoms with Gasteiger partial charge in [-0.1, -0.05) is 54.6 Å². The third kappa shape index (κ3) is 4.23. The summed E-state index contributed by atoms with van der Waals surface area (Å²) in [6.45, 7) is 3.86. The number of aryl methyl sites for hydroxylation is 1. The van der Waals surface area contributed by atoms with Gasteiger partial charge in [0.2, 0.25) is 0 Å². The predicted molar refractivity (Wildman–Crippen MR) is 101 cm³/mol. The Labute approximate surface area is 147 Å². The largest absolute Gasteiger partial charge is 0.344 e. The van der Waals surface area contributed by atoms with Gasteiger partial charge in [-0.3, -0.25) is 4.79 Å². The van der Waals surface area contributed by atoms with Gasteiger partial charge in [0, 0.05) is 5.69 Å². The lowest BCUT2D eigenvalue weighted by Gasteiger charge is -2.15. The van der Waals surface area contributed by atoms with E-state index in [1.54, 1.807) is 0 Å². The molecule has 25 heavy (non-hydrogen) atoms. The third-order valence-electron chi connectivity index (χ3n) is 4.01. The summed E-state index contributed by atoms with van der Waals surface area (Å²) in [7, 11) is 0. The molecule has 3 aromatic rings. The molecule has 1 atom stereocenters. The van der Waals surface area contributed by atoms with Crippen molar-refractivity contribution >= 4 is 17.4 Å². The van der Waals surface area contributed by atoms with Gasteiger partial charge < -0.3 is 10.6 Å². The number of pyridine rings is 1. The number of para-hydroxylation sites is 1. The Morgan fingerprint density at radius 3 is 2.24 bits per heavy atom.